The zero-order valence-corrected chi connectivity index (χ0v) is 16.0. The van der Waals surface area contributed by atoms with Gasteiger partial charge in [0.1, 0.15) is 30.4 Å². The summed E-state index contributed by atoms with van der Waals surface area (Å²) in [6, 6.07) is 1.82. The minimum absolute atomic E-state index is 0.0419. The molecule has 10 heteroatoms. The molecule has 3 aliphatic heterocycles. The van der Waals surface area contributed by atoms with Crippen molar-refractivity contribution in [1.82, 2.24) is 20.1 Å². The highest BCUT2D eigenvalue weighted by molar-refractivity contribution is 5.99. The minimum atomic E-state index is -0.639. The van der Waals surface area contributed by atoms with Gasteiger partial charge in [-0.2, -0.15) is 5.10 Å². The maximum atomic E-state index is 14.3. The summed E-state index contributed by atoms with van der Waals surface area (Å²) in [5.41, 5.74) is 2.51. The fourth-order valence-corrected chi connectivity index (χ4v) is 4.45. The molecule has 2 atom stereocenters. The molecule has 0 spiro atoms. The van der Waals surface area contributed by atoms with Gasteiger partial charge in [-0.05, 0) is 25.8 Å². The van der Waals surface area contributed by atoms with Crippen LogP contribution in [0.2, 0.25) is 0 Å². The van der Waals surface area contributed by atoms with Gasteiger partial charge in [0.05, 0.1) is 17.8 Å². The smallest absolute Gasteiger partial charge is 0.280 e. The molecule has 1 saturated heterocycles. The zero-order chi connectivity index (χ0) is 20.0. The number of anilines is 1. The first kappa shape index (κ1) is 18.0. The predicted molar refractivity (Wildman–Crippen MR) is 102 cm³/mol. The molecule has 2 aromatic heterocycles. The Hall–Kier alpha value is -3.01. The van der Waals surface area contributed by atoms with E-state index in [0.29, 0.717) is 22.9 Å². The number of nitrogens with zero attached hydrogens (tertiary/aromatic N) is 5. The Balaban J connectivity index is 1.62. The molecule has 1 amide bonds. The standard InChI is InChI=1S/C19H21FN6O3/c1-19-9-12(20)10-21-18(19)28-7-8-29-24-17(27)13-11-22-26-6-4-15(23-16(13)26)25-5-2-3-14(19)25/h4,6,10-11,14H,2-3,5,7-9H2,1H3,(H,24,27)/t14-,19?/m1/s1. The number of hydrogen-bond donors (Lipinski definition) is 1. The second-order valence-electron chi connectivity index (χ2n) is 7.70. The second kappa shape index (κ2) is 6.80. The second-order valence-corrected chi connectivity index (χ2v) is 7.70. The van der Waals surface area contributed by atoms with E-state index in [4.69, 9.17) is 14.6 Å². The Kier molecular flexibility index (Phi) is 4.23. The molecule has 0 aliphatic carbocycles. The number of halogens is 1. The molecule has 1 N–H and O–H groups in total. The van der Waals surface area contributed by atoms with Gasteiger partial charge in [-0.3, -0.25) is 9.63 Å². The van der Waals surface area contributed by atoms with E-state index in [0.717, 1.165) is 19.4 Å². The summed E-state index contributed by atoms with van der Waals surface area (Å²) >= 11 is 0. The van der Waals surface area contributed by atoms with Crippen LogP contribution in [-0.4, -0.2) is 52.2 Å². The van der Waals surface area contributed by atoms with Gasteiger partial charge < -0.3 is 9.64 Å². The summed E-state index contributed by atoms with van der Waals surface area (Å²) in [6.45, 7) is 3.07. The number of carbonyl (C=O) groups excluding carboxylic acids is 1. The molecule has 9 nitrogen and oxygen atoms in total. The van der Waals surface area contributed by atoms with Gasteiger partial charge in [0.15, 0.2) is 11.5 Å². The molecular formula is C19H21FN6O3. The third kappa shape index (κ3) is 2.94. The van der Waals surface area contributed by atoms with Crippen molar-refractivity contribution in [2.75, 3.05) is 24.7 Å². The molecule has 0 radical (unpaired) electrons. The number of nitrogens with one attached hydrogen (secondary N) is 1. The van der Waals surface area contributed by atoms with Gasteiger partial charge in [0.2, 0.25) is 0 Å². The fourth-order valence-electron chi connectivity index (χ4n) is 4.45. The number of aromatic nitrogens is 3. The molecule has 29 heavy (non-hydrogen) atoms. The Morgan fingerprint density at radius 1 is 1.38 bits per heavy atom. The van der Waals surface area contributed by atoms with Crippen LogP contribution in [0, 0.1) is 5.41 Å². The van der Waals surface area contributed by atoms with Crippen molar-refractivity contribution in [2.45, 2.75) is 32.2 Å². The number of fused-ring (bicyclic) bond motifs is 5. The van der Waals surface area contributed by atoms with Crippen LogP contribution in [0.5, 0.6) is 0 Å². The third-order valence-electron chi connectivity index (χ3n) is 5.82. The monoisotopic (exact) mass is 400 g/mol. The number of allylic oxidation sites excluding steroid dienone is 1. The molecule has 5 rings (SSSR count). The highest BCUT2D eigenvalue weighted by atomic mass is 19.1. The molecule has 0 saturated carbocycles. The maximum absolute atomic E-state index is 14.3. The van der Waals surface area contributed by atoms with E-state index < -0.39 is 11.3 Å². The van der Waals surface area contributed by atoms with Gasteiger partial charge >= 0.3 is 0 Å². The van der Waals surface area contributed by atoms with Crippen LogP contribution >= 0.6 is 0 Å². The molecule has 152 valence electrons. The van der Waals surface area contributed by atoms with Crippen molar-refractivity contribution in [1.29, 1.82) is 0 Å². The number of aliphatic imine (C=N–C) groups is 1. The number of ether oxygens (including phenoxy) is 1. The maximum Gasteiger partial charge on any atom is 0.280 e. The highest BCUT2D eigenvalue weighted by Crippen LogP contribution is 2.43. The summed E-state index contributed by atoms with van der Waals surface area (Å²) < 4.78 is 21.7. The van der Waals surface area contributed by atoms with Crippen molar-refractivity contribution in [3.05, 3.63) is 36.1 Å². The van der Waals surface area contributed by atoms with E-state index >= 15 is 0 Å². The Morgan fingerprint density at radius 3 is 3.17 bits per heavy atom. The van der Waals surface area contributed by atoms with E-state index in [1.165, 1.54) is 12.4 Å². The van der Waals surface area contributed by atoms with Crippen LogP contribution in [0.1, 0.15) is 36.5 Å². The summed E-state index contributed by atoms with van der Waals surface area (Å²) in [4.78, 5) is 28.8. The first-order chi connectivity index (χ1) is 14.1. The lowest BCUT2D eigenvalue weighted by Crippen LogP contribution is -2.50. The molecule has 2 aromatic rings. The van der Waals surface area contributed by atoms with E-state index in [2.05, 4.69) is 20.5 Å². The molecule has 1 unspecified atom stereocenters. The first-order valence-corrected chi connectivity index (χ1v) is 9.65. The van der Waals surface area contributed by atoms with Crippen LogP contribution in [-0.2, 0) is 9.57 Å². The predicted octanol–water partition coefficient (Wildman–Crippen LogP) is 2.01. The van der Waals surface area contributed by atoms with E-state index in [-0.39, 0.29) is 31.5 Å². The minimum Gasteiger partial charge on any atom is -0.478 e. The molecule has 3 aliphatic rings. The van der Waals surface area contributed by atoms with Crippen LogP contribution in [0.4, 0.5) is 10.2 Å². The molecule has 5 heterocycles. The van der Waals surface area contributed by atoms with Crippen molar-refractivity contribution in [3.8, 4) is 0 Å². The average molecular weight is 400 g/mol. The van der Waals surface area contributed by atoms with Crippen molar-refractivity contribution < 1.29 is 18.8 Å². The van der Waals surface area contributed by atoms with E-state index in [1.807, 2.05) is 13.0 Å². The van der Waals surface area contributed by atoms with Crippen LogP contribution in [0.25, 0.3) is 5.65 Å². The number of hydrogen-bond acceptors (Lipinski definition) is 7. The van der Waals surface area contributed by atoms with E-state index in [1.54, 1.807) is 10.7 Å². The van der Waals surface area contributed by atoms with Gasteiger partial charge in [-0.15, -0.1) is 0 Å². The zero-order valence-electron chi connectivity index (χ0n) is 16.0. The fraction of sp³-hybridized carbons (Fsp3) is 0.474. The van der Waals surface area contributed by atoms with Crippen molar-refractivity contribution in [2.24, 2.45) is 10.4 Å². The van der Waals surface area contributed by atoms with Crippen molar-refractivity contribution >= 4 is 23.3 Å². The number of hydroxylamine groups is 1. The lowest BCUT2D eigenvalue weighted by Gasteiger charge is -2.41. The van der Waals surface area contributed by atoms with Crippen LogP contribution in [0.3, 0.4) is 0 Å². The summed E-state index contributed by atoms with van der Waals surface area (Å²) in [7, 11) is 0. The van der Waals surface area contributed by atoms with Crippen LogP contribution in [0.15, 0.2) is 35.5 Å². The summed E-state index contributed by atoms with van der Waals surface area (Å²) in [6.07, 6.45) is 6.47. The van der Waals surface area contributed by atoms with Gasteiger partial charge in [-0.25, -0.2) is 24.4 Å². The van der Waals surface area contributed by atoms with Gasteiger partial charge in [-0.1, -0.05) is 0 Å². The largest absolute Gasteiger partial charge is 0.478 e. The Morgan fingerprint density at radius 2 is 2.28 bits per heavy atom. The highest BCUT2D eigenvalue weighted by Gasteiger charge is 2.48. The lowest BCUT2D eigenvalue weighted by atomic mass is 9.76. The lowest BCUT2D eigenvalue weighted by molar-refractivity contribution is 0.0164. The number of amides is 1. The molecular weight excluding hydrogens is 379 g/mol. The molecule has 0 aromatic carbocycles. The average Bonchev–Trinajstić information content (AvgIpc) is 3.35. The van der Waals surface area contributed by atoms with Gasteiger partial charge in [0, 0.05) is 25.2 Å². The topological polar surface area (TPSA) is 93.3 Å². The van der Waals surface area contributed by atoms with Crippen LogP contribution < -0.4 is 10.4 Å². The quantitative estimate of drug-likeness (QED) is 0.727. The first-order valence-electron chi connectivity index (χ1n) is 9.65. The van der Waals surface area contributed by atoms with Crippen molar-refractivity contribution in [3.63, 3.8) is 0 Å². The van der Waals surface area contributed by atoms with Gasteiger partial charge in [0.25, 0.3) is 5.91 Å². The molecule has 1 fully saturated rings. The SMILES string of the molecule is CC12CC(F)=CN=C1OCCONC(=O)c1cnn3ccc(nc13)N1CCC[C@@H]12. The molecule has 2 bridgehead atoms. The Bertz CT molecular complexity index is 1030. The summed E-state index contributed by atoms with van der Waals surface area (Å²) in [5, 5.41) is 4.19. The van der Waals surface area contributed by atoms with E-state index in [9.17, 15) is 9.18 Å². The normalized spacial score (nSPS) is 27.4. The summed E-state index contributed by atoms with van der Waals surface area (Å²) in [5.74, 6) is 0.499. The third-order valence-corrected chi connectivity index (χ3v) is 5.82. The Labute approximate surface area is 166 Å². The number of carbonyl (C=O) groups is 1. The number of rotatable bonds is 0.